The van der Waals surface area contributed by atoms with Crippen LogP contribution < -0.4 is 63.2 Å². The van der Waals surface area contributed by atoms with Crippen LogP contribution in [0.5, 0.6) is 0 Å². The zero-order valence-corrected chi connectivity index (χ0v) is 64.1. The molecule has 0 heterocycles. The van der Waals surface area contributed by atoms with Crippen LogP contribution in [0.3, 0.4) is 0 Å². The number of aryl methyl sites for hydroxylation is 4. The molecule has 0 aliphatic heterocycles. The fraction of sp³-hybridized carbons (Fsp3) is 0.0870. The summed E-state index contributed by atoms with van der Waals surface area (Å²) in [5, 5.41) is 31.1. The van der Waals surface area contributed by atoms with Crippen LogP contribution in [0.25, 0.3) is 0 Å². The predicted octanol–water partition coefficient (Wildman–Crippen LogP) is 18.3. The standard InChI is InChI=1S/C26H26N4.2C26H24N4.C14H16N2.Cu.Fe/c3*1-19-3-5-21(6-4-19)28-23-11-13-25(14-12-23)30-26-17-15-24(16-18-26)29-22-9-7-20(27-2)8-10-22;1-11-3-5-13(6-4-11)16-14-9-7-12(15-2)8-10-14;;/h3-18,27-30H,1-2H3;2*3-18,28,30H,1-2H3;3-10,15-16H,1-2H3;;/q;;;;+1;+2/p+4. The summed E-state index contributed by atoms with van der Waals surface area (Å²) in [6.07, 6.45) is 16.1. The molecule has 544 valence electrons. The molecular weight excluding hydrogens is 1420 g/mol. The van der Waals surface area contributed by atoms with Gasteiger partial charge in [-0.25, -0.2) is 20.0 Å². The molecular formula is C92H94CuFeN14+7. The number of nitrogens with zero attached hydrogens (tertiary/aromatic N) is 2. The summed E-state index contributed by atoms with van der Waals surface area (Å²) in [5.74, 6) is 0. The topological polar surface area (TPSA) is 182 Å². The van der Waals surface area contributed by atoms with Crippen LogP contribution in [0.2, 0.25) is 0 Å². The number of aliphatic imine (C=N–C) groups is 2. The molecule has 0 atom stereocenters. The van der Waals surface area contributed by atoms with Crippen molar-refractivity contribution in [2.75, 3.05) is 70.7 Å². The average molecular weight is 1520 g/mol. The molecule has 0 aromatic heterocycles. The van der Waals surface area contributed by atoms with Crippen molar-refractivity contribution < 1.29 is 54.8 Å². The third kappa shape index (κ3) is 26.0. The maximum Gasteiger partial charge on any atom is 2.00 e. The normalized spacial score (nSPS) is 11.4. The molecule has 0 fully saturated rings. The zero-order chi connectivity index (χ0) is 73.7. The minimum Gasteiger partial charge on any atom is -0.388 e. The molecule has 0 saturated heterocycles. The van der Waals surface area contributed by atoms with Crippen molar-refractivity contribution in [2.45, 2.75) is 27.7 Å². The van der Waals surface area contributed by atoms with E-state index >= 15 is 0 Å². The summed E-state index contributed by atoms with van der Waals surface area (Å²) in [6.45, 7) is 8.39. The number of quaternary nitrogens is 2. The summed E-state index contributed by atoms with van der Waals surface area (Å²) in [4.78, 5) is 15.6. The van der Waals surface area contributed by atoms with Gasteiger partial charge < -0.3 is 42.5 Å². The fourth-order valence-corrected chi connectivity index (χ4v) is 11.0. The number of nitrogens with one attached hydrogen (secondary N) is 10. The van der Waals surface area contributed by atoms with Crippen molar-refractivity contribution in [3.05, 3.63) is 362 Å². The third-order valence-corrected chi connectivity index (χ3v) is 17.2. The Balaban J connectivity index is 0.000000169. The maximum absolute atomic E-state index is 4.66. The number of anilines is 14. The Morgan fingerprint density at radius 2 is 0.398 bits per heavy atom. The maximum atomic E-state index is 4.66. The van der Waals surface area contributed by atoms with E-state index in [1.165, 1.54) is 45.0 Å². The molecule has 14 rings (SSSR count). The second-order valence-electron chi connectivity index (χ2n) is 25.6. The van der Waals surface area contributed by atoms with Gasteiger partial charge in [-0.05, 0) is 270 Å². The van der Waals surface area contributed by atoms with E-state index in [-0.39, 0.29) is 34.1 Å². The van der Waals surface area contributed by atoms with Gasteiger partial charge in [0.15, 0.2) is 11.4 Å². The molecule has 0 amide bonds. The molecule has 0 bridgehead atoms. The Morgan fingerprint density at radius 1 is 0.231 bits per heavy atom. The fourth-order valence-electron chi connectivity index (χ4n) is 11.0. The van der Waals surface area contributed by atoms with Crippen LogP contribution in [-0.2, 0) is 34.1 Å². The summed E-state index contributed by atoms with van der Waals surface area (Å²) in [5.41, 5.74) is 30.8. The first-order valence-electron chi connectivity index (χ1n) is 35.5. The summed E-state index contributed by atoms with van der Waals surface area (Å²) < 4.78 is 0. The molecule has 2 aliphatic carbocycles. The molecule has 0 unspecified atom stereocenters. The smallest absolute Gasteiger partial charge is 0.388 e. The molecule has 12 aromatic carbocycles. The molecule has 0 radical (unpaired) electrons. The van der Waals surface area contributed by atoms with Gasteiger partial charge in [-0.1, -0.05) is 70.8 Å². The number of allylic oxidation sites excluding steroid dienone is 8. The van der Waals surface area contributed by atoms with Crippen molar-refractivity contribution in [1.82, 2.24) is 0 Å². The summed E-state index contributed by atoms with van der Waals surface area (Å²) >= 11 is 0. The van der Waals surface area contributed by atoms with Gasteiger partial charge in [-0.2, -0.15) is 0 Å². The van der Waals surface area contributed by atoms with Crippen molar-refractivity contribution in [3.63, 3.8) is 0 Å². The van der Waals surface area contributed by atoms with E-state index < -0.39 is 0 Å². The second-order valence-corrected chi connectivity index (χ2v) is 25.6. The van der Waals surface area contributed by atoms with Gasteiger partial charge in [0.25, 0.3) is 0 Å². The van der Waals surface area contributed by atoms with Gasteiger partial charge in [0.2, 0.25) is 0 Å². The molecule has 14 N–H and O–H groups in total. The molecule has 0 saturated carbocycles. The molecule has 14 nitrogen and oxygen atoms in total. The van der Waals surface area contributed by atoms with Crippen molar-refractivity contribution in [1.29, 1.82) is 0 Å². The largest absolute Gasteiger partial charge is 2.00 e. The summed E-state index contributed by atoms with van der Waals surface area (Å²) in [6, 6.07) is 100. The van der Waals surface area contributed by atoms with E-state index in [0.717, 1.165) is 114 Å². The van der Waals surface area contributed by atoms with Gasteiger partial charge in [-0.3, -0.25) is 10.6 Å². The van der Waals surface area contributed by atoms with Crippen LogP contribution in [0.15, 0.2) is 350 Å². The van der Waals surface area contributed by atoms with Gasteiger partial charge in [0, 0.05) is 142 Å². The van der Waals surface area contributed by atoms with Crippen LogP contribution in [0.4, 0.5) is 114 Å². The van der Waals surface area contributed by atoms with Crippen molar-refractivity contribution in [2.24, 2.45) is 9.98 Å². The van der Waals surface area contributed by atoms with Crippen molar-refractivity contribution in [3.8, 4) is 0 Å². The van der Waals surface area contributed by atoms with Crippen LogP contribution in [0, 0.1) is 27.7 Å². The second kappa shape index (κ2) is 41.4. The minimum absolute atomic E-state index is 0. The van der Waals surface area contributed by atoms with Gasteiger partial charge >= 0.3 is 34.1 Å². The molecule has 108 heavy (non-hydrogen) atoms. The van der Waals surface area contributed by atoms with Gasteiger partial charge in [0.05, 0.1) is 22.8 Å². The van der Waals surface area contributed by atoms with Crippen LogP contribution >= 0.6 is 0 Å². The van der Waals surface area contributed by atoms with E-state index in [1.807, 2.05) is 125 Å². The first-order valence-corrected chi connectivity index (χ1v) is 35.5. The SMILES string of the molecule is CNc1ccc(Nc2ccc(C)cc2)cc1.CNc1ccc(Nc2ccc(Nc3ccc(Nc4ccc(C)cc4)cc3)cc2)cc1.C[NH+]=C1C=CC(=Nc2ccc(Nc3ccc([NH2+]c4ccc(C)cc4)cc3)cc2)C=C1.C[NH+]=C1C=CC(=Nc2ccc(Nc3ccc([NH2+]c4ccc(C)cc4)cc3)cc2)C=C1.[Cu+].[Fe+2]. The summed E-state index contributed by atoms with van der Waals surface area (Å²) in [7, 11) is 7.66. The number of benzene rings is 12. The monoisotopic (exact) mass is 1510 g/mol. The Kier molecular flexibility index (Phi) is 30.5. The van der Waals surface area contributed by atoms with Crippen LogP contribution in [-0.4, -0.2) is 51.0 Å². The van der Waals surface area contributed by atoms with E-state index in [2.05, 4.69) is 343 Å². The van der Waals surface area contributed by atoms with Crippen molar-refractivity contribution >= 4 is 137 Å². The van der Waals surface area contributed by atoms with Gasteiger partial charge in [0.1, 0.15) is 36.8 Å². The Morgan fingerprint density at radius 3 is 0.602 bits per heavy atom. The number of hydrogen-bond acceptors (Lipinski definition) is 10. The van der Waals surface area contributed by atoms with Crippen LogP contribution in [0.1, 0.15) is 22.3 Å². The van der Waals surface area contributed by atoms with E-state index in [0.29, 0.717) is 0 Å². The number of nitrogens with two attached hydrogens (primary N) is 2. The molecule has 12 aromatic rings. The quantitative estimate of drug-likeness (QED) is 0.0202. The average Bonchev–Trinajstić information content (AvgIpc) is 0.860. The van der Waals surface area contributed by atoms with Gasteiger partial charge in [-0.15, -0.1) is 0 Å². The number of rotatable bonds is 20. The number of hydrogen-bond donors (Lipinski definition) is 12. The first kappa shape index (κ1) is 79.7. The Bertz CT molecular complexity index is 4800. The van der Waals surface area contributed by atoms with E-state index in [9.17, 15) is 0 Å². The first-order chi connectivity index (χ1) is 51.8. The van der Waals surface area contributed by atoms with E-state index in [1.54, 1.807) is 0 Å². The predicted molar refractivity (Wildman–Crippen MR) is 452 cm³/mol. The Hall–Kier alpha value is -12.4. The zero-order valence-electron chi connectivity index (χ0n) is 62.0. The molecule has 0 spiro atoms. The minimum atomic E-state index is 0. The third-order valence-electron chi connectivity index (χ3n) is 17.2. The van der Waals surface area contributed by atoms with E-state index in [4.69, 9.17) is 0 Å². The molecule has 16 heteroatoms. The molecule has 2 aliphatic rings. The Labute approximate surface area is 657 Å².